The molecule has 0 radical (unpaired) electrons. The van der Waals surface area contributed by atoms with Crippen molar-refractivity contribution in [3.05, 3.63) is 88.6 Å². The van der Waals surface area contributed by atoms with Crippen LogP contribution in [0.3, 0.4) is 0 Å². The Bertz CT molecular complexity index is 1340. The van der Waals surface area contributed by atoms with E-state index in [4.69, 9.17) is 15.2 Å². The van der Waals surface area contributed by atoms with E-state index in [0.29, 0.717) is 16.9 Å². The average molecular weight is 494 g/mol. The van der Waals surface area contributed by atoms with E-state index in [0.717, 1.165) is 5.56 Å². The first kappa shape index (κ1) is 25.4. The second kappa shape index (κ2) is 10.5. The lowest BCUT2D eigenvalue weighted by Crippen LogP contribution is -2.49. The van der Waals surface area contributed by atoms with Crippen molar-refractivity contribution in [1.82, 2.24) is 4.90 Å². The molecule has 0 spiro atoms. The molecule has 0 saturated heterocycles. The van der Waals surface area contributed by atoms with E-state index in [1.165, 1.54) is 4.90 Å². The van der Waals surface area contributed by atoms with E-state index in [2.05, 4.69) is 18.2 Å². The molecule has 8 nitrogen and oxygen atoms in total. The number of rotatable bonds is 5. The second-order valence-corrected chi connectivity index (χ2v) is 9.36. The van der Waals surface area contributed by atoms with Crippen LogP contribution in [0.25, 0.3) is 0 Å². The van der Waals surface area contributed by atoms with Crippen LogP contribution >= 0.6 is 0 Å². The van der Waals surface area contributed by atoms with Gasteiger partial charge in [0.2, 0.25) is 0 Å². The first-order valence-electron chi connectivity index (χ1n) is 12.0. The van der Waals surface area contributed by atoms with Crippen molar-refractivity contribution >= 4 is 6.09 Å². The summed E-state index contributed by atoms with van der Waals surface area (Å²) in [5.41, 5.74) is 6.84. The van der Waals surface area contributed by atoms with Gasteiger partial charge in [-0.15, -0.1) is 0 Å². The molecule has 1 heterocycles. The minimum atomic E-state index is -1.79. The number of benzene rings is 2. The molecule has 2 atom stereocenters. The Hall–Kier alpha value is -4.74. The van der Waals surface area contributed by atoms with E-state index in [1.807, 2.05) is 44.2 Å². The molecule has 0 unspecified atom stereocenters. The maximum Gasteiger partial charge on any atom is 0.410 e. The van der Waals surface area contributed by atoms with Gasteiger partial charge in [-0.25, -0.2) is 4.79 Å². The maximum atomic E-state index is 13.0. The molecule has 4 rings (SSSR count). The zero-order valence-electron chi connectivity index (χ0n) is 20.7. The first-order chi connectivity index (χ1) is 17.8. The van der Waals surface area contributed by atoms with Gasteiger partial charge < -0.3 is 20.1 Å². The Morgan fingerprint density at radius 2 is 1.78 bits per heavy atom. The van der Waals surface area contributed by atoms with Crippen molar-refractivity contribution in [2.75, 3.05) is 13.1 Å². The summed E-state index contributed by atoms with van der Waals surface area (Å²) in [6, 6.07) is 22.9. The molecule has 2 N–H and O–H groups in total. The Kier molecular flexibility index (Phi) is 7.18. The van der Waals surface area contributed by atoms with Crippen LogP contribution in [0.2, 0.25) is 0 Å². The number of fused-ring (bicyclic) bond motifs is 1. The normalized spacial score (nSPS) is 20.1. The van der Waals surface area contributed by atoms with E-state index in [9.17, 15) is 20.6 Å². The molecule has 1 aliphatic heterocycles. The largest absolute Gasteiger partial charge is 0.491 e. The number of allylic oxidation sites excluding steroid dienone is 2. The third-order valence-corrected chi connectivity index (χ3v) is 6.74. The molecule has 8 heteroatoms. The maximum absolute atomic E-state index is 13.0. The van der Waals surface area contributed by atoms with Crippen LogP contribution in [0.5, 0.6) is 5.75 Å². The van der Waals surface area contributed by atoms with Crippen molar-refractivity contribution in [2.45, 2.75) is 32.5 Å². The number of amides is 1. The summed E-state index contributed by atoms with van der Waals surface area (Å²) in [5.74, 6) is -0.583. The molecular formula is C29H27N5O3. The number of hydrogen-bond acceptors (Lipinski definition) is 7. The third kappa shape index (κ3) is 4.73. The fourth-order valence-electron chi connectivity index (χ4n) is 5.04. The number of nitriles is 3. The Morgan fingerprint density at radius 3 is 2.38 bits per heavy atom. The van der Waals surface area contributed by atoms with Crippen LogP contribution in [-0.4, -0.2) is 30.2 Å². The highest BCUT2D eigenvalue weighted by molar-refractivity contribution is 5.69. The smallest absolute Gasteiger partial charge is 0.410 e. The predicted molar refractivity (Wildman–Crippen MR) is 135 cm³/mol. The lowest BCUT2D eigenvalue weighted by atomic mass is 9.58. The zero-order chi connectivity index (χ0) is 26.6. The van der Waals surface area contributed by atoms with Crippen molar-refractivity contribution in [2.24, 2.45) is 17.1 Å². The Morgan fingerprint density at radius 1 is 1.11 bits per heavy atom. The van der Waals surface area contributed by atoms with Crippen molar-refractivity contribution in [3.8, 4) is 24.0 Å². The van der Waals surface area contributed by atoms with Crippen LogP contribution in [0, 0.1) is 45.3 Å². The van der Waals surface area contributed by atoms with Gasteiger partial charge in [0.1, 0.15) is 18.4 Å². The second-order valence-electron chi connectivity index (χ2n) is 9.36. The molecule has 0 aromatic heterocycles. The van der Waals surface area contributed by atoms with E-state index in [1.54, 1.807) is 30.3 Å². The van der Waals surface area contributed by atoms with Gasteiger partial charge in [-0.05, 0) is 42.7 Å². The van der Waals surface area contributed by atoms with Gasteiger partial charge in [0.15, 0.2) is 5.41 Å². The number of carbonyl (C=O) groups excluding carboxylic acids is 1. The standard InChI is InChI=1S/C29H27N5O3/c1-19(2)37-22-10-8-21(9-11-22)26-25-15-34(28(35)36-16-20-6-4-3-5-7-20)13-12-23(25)24(14-30)27(33)29(26,17-31)18-32/h3-12,19,25-26H,13,15-16,33H2,1-2H3/t25-,26+/m1/s1. The molecule has 186 valence electrons. The topological polar surface area (TPSA) is 136 Å². The molecule has 1 amide bonds. The summed E-state index contributed by atoms with van der Waals surface area (Å²) >= 11 is 0. The highest BCUT2D eigenvalue weighted by atomic mass is 16.6. The van der Waals surface area contributed by atoms with Crippen molar-refractivity contribution in [3.63, 3.8) is 0 Å². The minimum absolute atomic E-state index is 0.0158. The van der Waals surface area contributed by atoms with Gasteiger partial charge in [-0.2, -0.15) is 15.8 Å². The molecule has 2 aliphatic rings. The molecule has 2 aromatic carbocycles. The third-order valence-electron chi connectivity index (χ3n) is 6.74. The first-order valence-corrected chi connectivity index (χ1v) is 12.0. The quantitative estimate of drug-likeness (QED) is 0.646. The summed E-state index contributed by atoms with van der Waals surface area (Å²) in [7, 11) is 0. The van der Waals surface area contributed by atoms with Gasteiger partial charge in [0.05, 0.1) is 29.5 Å². The Balaban J connectivity index is 1.71. The lowest BCUT2D eigenvalue weighted by Gasteiger charge is -2.45. The van der Waals surface area contributed by atoms with Crippen molar-refractivity contribution < 1.29 is 14.3 Å². The lowest BCUT2D eigenvalue weighted by molar-refractivity contribution is 0.0898. The molecular weight excluding hydrogens is 466 g/mol. The van der Waals surface area contributed by atoms with Gasteiger partial charge in [0, 0.05) is 24.9 Å². The molecule has 0 saturated carbocycles. The molecule has 37 heavy (non-hydrogen) atoms. The summed E-state index contributed by atoms with van der Waals surface area (Å²) in [5, 5.41) is 30.4. The van der Waals surface area contributed by atoms with E-state index in [-0.39, 0.29) is 37.1 Å². The Labute approximate surface area is 216 Å². The van der Waals surface area contributed by atoms with Crippen LogP contribution in [0.4, 0.5) is 4.79 Å². The molecule has 0 fully saturated rings. The highest BCUT2D eigenvalue weighted by Crippen LogP contribution is 2.54. The SMILES string of the molecule is CC(C)Oc1ccc([C@H]2[C@@H]3CN(C(=O)OCc4ccccc4)CC=C3C(C#N)=C(N)C2(C#N)C#N)cc1. The van der Waals surface area contributed by atoms with Crippen LogP contribution < -0.4 is 10.5 Å². The molecule has 1 aliphatic carbocycles. The summed E-state index contributed by atoms with van der Waals surface area (Å²) in [4.78, 5) is 14.5. The summed E-state index contributed by atoms with van der Waals surface area (Å²) < 4.78 is 11.3. The fraction of sp³-hybridized carbons (Fsp3) is 0.310. The number of ether oxygens (including phenoxy) is 2. The van der Waals surface area contributed by atoms with Gasteiger partial charge in [0.25, 0.3) is 0 Å². The fourth-order valence-corrected chi connectivity index (χ4v) is 5.04. The van der Waals surface area contributed by atoms with Gasteiger partial charge in [-0.3, -0.25) is 0 Å². The number of carbonyl (C=O) groups is 1. The van der Waals surface area contributed by atoms with E-state index >= 15 is 0 Å². The number of hydrogen-bond donors (Lipinski definition) is 1. The molecule has 2 aromatic rings. The monoisotopic (exact) mass is 493 g/mol. The predicted octanol–water partition coefficient (Wildman–Crippen LogP) is 4.54. The number of nitrogens with zero attached hydrogens (tertiary/aromatic N) is 4. The van der Waals surface area contributed by atoms with Crippen molar-refractivity contribution in [1.29, 1.82) is 15.8 Å². The highest BCUT2D eigenvalue weighted by Gasteiger charge is 2.54. The van der Waals surface area contributed by atoms with Crippen LogP contribution in [0.1, 0.15) is 30.9 Å². The van der Waals surface area contributed by atoms with Crippen LogP contribution in [0.15, 0.2) is 77.5 Å². The summed E-state index contributed by atoms with van der Waals surface area (Å²) in [6.07, 6.45) is 1.24. The number of nitrogens with two attached hydrogens (primary N) is 1. The van der Waals surface area contributed by atoms with Gasteiger partial charge >= 0.3 is 6.09 Å². The van der Waals surface area contributed by atoms with Gasteiger partial charge in [-0.1, -0.05) is 48.5 Å². The van der Waals surface area contributed by atoms with E-state index < -0.39 is 23.3 Å². The minimum Gasteiger partial charge on any atom is -0.491 e. The summed E-state index contributed by atoms with van der Waals surface area (Å²) in [6.45, 7) is 4.35. The average Bonchev–Trinajstić information content (AvgIpc) is 2.92. The van der Waals surface area contributed by atoms with Crippen LogP contribution in [-0.2, 0) is 11.3 Å². The molecule has 0 bridgehead atoms. The zero-order valence-corrected chi connectivity index (χ0v) is 20.7.